The topological polar surface area (TPSA) is 69.0 Å². The number of benzene rings is 1. The number of rotatable bonds is 12. The van der Waals surface area contributed by atoms with Crippen molar-refractivity contribution in [2.45, 2.75) is 91.7 Å². The first kappa shape index (κ1) is 30.0. The molecule has 1 saturated heterocycles. The molecule has 1 aliphatic heterocycles. The van der Waals surface area contributed by atoms with Crippen LogP contribution in [0.1, 0.15) is 89.3 Å². The maximum absolute atomic E-state index is 13.8. The maximum Gasteiger partial charge on any atom is 0.417 e. The van der Waals surface area contributed by atoms with Crippen molar-refractivity contribution in [1.29, 1.82) is 0 Å². The fourth-order valence-corrected chi connectivity index (χ4v) is 5.29. The van der Waals surface area contributed by atoms with Gasteiger partial charge >= 0.3 is 11.8 Å². The SMILES string of the molecule is CCCc1cc2c(C(F)(F)F)cc(=O)oc2c(CCC)c1OCCCCN1COCC(C)(CCC)CC1=O. The van der Waals surface area contributed by atoms with Gasteiger partial charge in [0.25, 0.3) is 0 Å². The zero-order chi connectivity index (χ0) is 27.9. The summed E-state index contributed by atoms with van der Waals surface area (Å²) in [4.78, 5) is 26.6. The van der Waals surface area contributed by atoms with E-state index in [9.17, 15) is 22.8 Å². The van der Waals surface area contributed by atoms with Gasteiger partial charge in [-0.05, 0) is 49.1 Å². The number of carbonyl (C=O) groups is 1. The first-order valence-corrected chi connectivity index (χ1v) is 13.7. The zero-order valence-corrected chi connectivity index (χ0v) is 23.0. The third-order valence-electron chi connectivity index (χ3n) is 7.03. The van der Waals surface area contributed by atoms with Crippen LogP contribution in [0, 0.1) is 5.41 Å². The largest absolute Gasteiger partial charge is 0.493 e. The van der Waals surface area contributed by atoms with Crippen molar-refractivity contribution in [2.75, 3.05) is 26.5 Å². The highest BCUT2D eigenvalue weighted by Crippen LogP contribution is 2.40. The van der Waals surface area contributed by atoms with Crippen molar-refractivity contribution in [3.8, 4) is 5.75 Å². The Morgan fingerprint density at radius 2 is 1.79 bits per heavy atom. The smallest absolute Gasteiger partial charge is 0.417 e. The fraction of sp³-hybridized carbons (Fsp3) is 0.655. The molecule has 6 nitrogen and oxygen atoms in total. The molecule has 0 saturated carbocycles. The first-order valence-electron chi connectivity index (χ1n) is 13.7. The highest BCUT2D eigenvalue weighted by Gasteiger charge is 2.35. The Kier molecular flexibility index (Phi) is 10.3. The molecular weight excluding hydrogens is 499 g/mol. The van der Waals surface area contributed by atoms with Gasteiger partial charge in [0.1, 0.15) is 18.1 Å². The lowest BCUT2D eigenvalue weighted by molar-refractivity contribution is -0.136. The predicted octanol–water partition coefficient (Wildman–Crippen LogP) is 6.89. The van der Waals surface area contributed by atoms with Gasteiger partial charge in [0.05, 0.1) is 18.8 Å². The van der Waals surface area contributed by atoms with Crippen LogP contribution < -0.4 is 10.4 Å². The quantitative estimate of drug-likeness (QED) is 0.217. The minimum atomic E-state index is -4.67. The molecule has 1 atom stereocenters. The average Bonchev–Trinajstić information content (AvgIpc) is 2.97. The number of hydrogen-bond donors (Lipinski definition) is 0. The summed E-state index contributed by atoms with van der Waals surface area (Å²) in [7, 11) is 0. The van der Waals surface area contributed by atoms with Crippen LogP contribution in [0.25, 0.3) is 11.0 Å². The number of halogens is 3. The molecule has 1 fully saturated rings. The van der Waals surface area contributed by atoms with Crippen molar-refractivity contribution >= 4 is 16.9 Å². The standard InChI is InChI=1S/C29H40F3NO5/c1-5-10-20-15-22-23(29(30,31)32)16-25(35)38-27(22)21(11-6-2)26(20)37-14-9-8-13-33-19-36-18-28(4,12-7-3)17-24(33)34/h15-16H,5-14,17-19H2,1-4H3. The molecule has 0 bridgehead atoms. The van der Waals surface area contributed by atoms with Crippen LogP contribution >= 0.6 is 0 Å². The second-order valence-electron chi connectivity index (χ2n) is 10.6. The van der Waals surface area contributed by atoms with Gasteiger partial charge in [-0.15, -0.1) is 0 Å². The Balaban J connectivity index is 1.76. The monoisotopic (exact) mass is 539 g/mol. The lowest BCUT2D eigenvalue weighted by atomic mass is 9.83. The number of hydrogen-bond acceptors (Lipinski definition) is 5. The van der Waals surface area contributed by atoms with Gasteiger partial charge in [-0.1, -0.05) is 47.0 Å². The Labute approximate surface area is 222 Å². The van der Waals surface area contributed by atoms with Crippen molar-refractivity contribution < 1.29 is 31.9 Å². The molecule has 9 heteroatoms. The lowest BCUT2D eigenvalue weighted by Crippen LogP contribution is -2.33. The first-order chi connectivity index (χ1) is 18.0. The van der Waals surface area contributed by atoms with Gasteiger partial charge in [0, 0.05) is 30.0 Å². The van der Waals surface area contributed by atoms with E-state index in [1.165, 1.54) is 6.07 Å². The molecule has 1 aromatic carbocycles. The van der Waals surface area contributed by atoms with E-state index >= 15 is 0 Å². The summed E-state index contributed by atoms with van der Waals surface area (Å²) in [6.45, 7) is 9.81. The van der Waals surface area contributed by atoms with Crippen LogP contribution in [0.2, 0.25) is 0 Å². The van der Waals surface area contributed by atoms with E-state index in [1.54, 1.807) is 4.90 Å². The molecule has 0 N–H and O–H groups in total. The van der Waals surface area contributed by atoms with Gasteiger partial charge in [-0.3, -0.25) is 4.79 Å². The number of unbranched alkanes of at least 4 members (excludes halogenated alkanes) is 1. The van der Waals surface area contributed by atoms with Gasteiger partial charge in [0.15, 0.2) is 0 Å². The van der Waals surface area contributed by atoms with Crippen molar-refractivity contribution in [1.82, 2.24) is 4.90 Å². The van der Waals surface area contributed by atoms with Crippen LogP contribution in [0.4, 0.5) is 13.2 Å². The molecule has 1 unspecified atom stereocenters. The van der Waals surface area contributed by atoms with Crippen LogP contribution in [-0.4, -0.2) is 37.3 Å². The Morgan fingerprint density at radius 3 is 2.45 bits per heavy atom. The van der Waals surface area contributed by atoms with Crippen LogP contribution in [0.5, 0.6) is 5.75 Å². The summed E-state index contributed by atoms with van der Waals surface area (Å²) < 4.78 is 58.6. The molecule has 2 aromatic rings. The van der Waals surface area contributed by atoms with Gasteiger partial charge in [-0.25, -0.2) is 4.79 Å². The summed E-state index contributed by atoms with van der Waals surface area (Å²) >= 11 is 0. The summed E-state index contributed by atoms with van der Waals surface area (Å²) in [5.74, 6) is 0.605. The number of alkyl halides is 3. The molecule has 212 valence electrons. The highest BCUT2D eigenvalue weighted by molar-refractivity contribution is 5.87. The molecule has 1 aromatic heterocycles. The molecule has 2 heterocycles. The van der Waals surface area contributed by atoms with E-state index in [0.29, 0.717) is 81.2 Å². The zero-order valence-electron chi connectivity index (χ0n) is 23.0. The average molecular weight is 540 g/mol. The van der Waals surface area contributed by atoms with E-state index < -0.39 is 17.4 Å². The fourth-order valence-electron chi connectivity index (χ4n) is 5.29. The maximum atomic E-state index is 13.8. The van der Waals surface area contributed by atoms with Crippen molar-refractivity contribution in [3.63, 3.8) is 0 Å². The number of nitrogens with zero attached hydrogens (tertiary/aromatic N) is 1. The Morgan fingerprint density at radius 1 is 1.05 bits per heavy atom. The van der Waals surface area contributed by atoms with Gasteiger partial charge in [-0.2, -0.15) is 13.2 Å². The van der Waals surface area contributed by atoms with E-state index in [1.807, 2.05) is 13.8 Å². The van der Waals surface area contributed by atoms with Crippen LogP contribution in [0.3, 0.4) is 0 Å². The van der Waals surface area contributed by atoms with Crippen LogP contribution in [0.15, 0.2) is 21.3 Å². The summed E-state index contributed by atoms with van der Waals surface area (Å²) in [5.41, 5.74) is -1.02. The molecule has 0 radical (unpaired) electrons. The molecule has 1 amide bonds. The number of aryl methyl sites for hydroxylation is 2. The van der Waals surface area contributed by atoms with E-state index in [4.69, 9.17) is 13.9 Å². The van der Waals surface area contributed by atoms with E-state index in [0.717, 1.165) is 19.3 Å². The second-order valence-corrected chi connectivity index (χ2v) is 10.6. The van der Waals surface area contributed by atoms with Crippen molar-refractivity contribution in [2.24, 2.45) is 5.41 Å². The number of fused-ring (bicyclic) bond motifs is 1. The van der Waals surface area contributed by atoms with E-state index in [2.05, 4.69) is 13.8 Å². The minimum absolute atomic E-state index is 0.0519. The summed E-state index contributed by atoms with van der Waals surface area (Å²) in [6, 6.07) is 1.98. The predicted molar refractivity (Wildman–Crippen MR) is 140 cm³/mol. The summed E-state index contributed by atoms with van der Waals surface area (Å²) in [5, 5.41) is -0.105. The second kappa shape index (κ2) is 13.0. The normalized spacial score (nSPS) is 18.7. The molecule has 1 aliphatic rings. The molecule has 38 heavy (non-hydrogen) atoms. The molecular formula is C29H40F3NO5. The van der Waals surface area contributed by atoms with Gasteiger partial charge < -0.3 is 18.8 Å². The third kappa shape index (κ3) is 7.30. The minimum Gasteiger partial charge on any atom is -0.493 e. The lowest BCUT2D eigenvalue weighted by Gasteiger charge is -2.25. The third-order valence-corrected chi connectivity index (χ3v) is 7.03. The molecule has 0 spiro atoms. The Bertz CT molecular complexity index is 1160. The molecule has 0 aliphatic carbocycles. The number of carbonyl (C=O) groups excluding carboxylic acids is 1. The van der Waals surface area contributed by atoms with Crippen LogP contribution in [-0.2, 0) is 28.5 Å². The van der Waals surface area contributed by atoms with E-state index in [-0.39, 0.29) is 29.0 Å². The summed E-state index contributed by atoms with van der Waals surface area (Å²) in [6.07, 6.45) is 1.42. The Hall–Kier alpha value is -2.55. The van der Waals surface area contributed by atoms with Crippen molar-refractivity contribution in [3.05, 3.63) is 39.2 Å². The number of ether oxygens (including phenoxy) is 2. The van der Waals surface area contributed by atoms with Gasteiger partial charge in [0.2, 0.25) is 5.91 Å². The number of amides is 1. The highest BCUT2D eigenvalue weighted by atomic mass is 19.4. The molecule has 3 rings (SSSR count).